The first-order valence-electron chi connectivity index (χ1n) is 6.74. The average Bonchev–Trinajstić information content (AvgIpc) is 2.39. The van der Waals surface area contributed by atoms with Crippen molar-refractivity contribution in [1.82, 2.24) is 5.06 Å². The maximum Gasteiger partial charge on any atom is 0.443 e. The van der Waals surface area contributed by atoms with Gasteiger partial charge in [-0.15, -0.1) is 5.06 Å². The molecule has 0 aliphatic carbocycles. The molecule has 1 rings (SSSR count). The minimum Gasteiger partial charge on any atom is -0.442 e. The van der Waals surface area contributed by atoms with Crippen LogP contribution in [0.3, 0.4) is 0 Å². The Bertz CT molecular complexity index is 464. The van der Waals surface area contributed by atoms with Gasteiger partial charge in [0.15, 0.2) is 5.75 Å². The van der Waals surface area contributed by atoms with Crippen LogP contribution < -0.4 is 9.57 Å². The van der Waals surface area contributed by atoms with Gasteiger partial charge in [-0.2, -0.15) is 0 Å². The molecule has 0 radical (unpaired) electrons. The van der Waals surface area contributed by atoms with Crippen molar-refractivity contribution in [1.29, 1.82) is 0 Å². The fourth-order valence-electron chi connectivity index (χ4n) is 1.45. The third kappa shape index (κ3) is 6.16. The van der Waals surface area contributed by atoms with Gasteiger partial charge in [0.1, 0.15) is 11.4 Å². The summed E-state index contributed by atoms with van der Waals surface area (Å²) in [6.45, 7) is 8.06. The number of amides is 1. The number of ether oxygens (including phenoxy) is 2. The highest BCUT2D eigenvalue weighted by Crippen LogP contribution is 2.19. The topological polar surface area (TPSA) is 65.1 Å². The van der Waals surface area contributed by atoms with E-state index in [2.05, 4.69) is 4.74 Å². The monoisotopic (exact) mass is 295 g/mol. The summed E-state index contributed by atoms with van der Waals surface area (Å²) < 4.78 is 9.96. The maximum atomic E-state index is 12.0. The van der Waals surface area contributed by atoms with Crippen LogP contribution in [0.25, 0.3) is 0 Å². The van der Waals surface area contributed by atoms with Crippen molar-refractivity contribution >= 4 is 12.6 Å². The smallest absolute Gasteiger partial charge is 0.442 e. The minimum atomic E-state index is -0.589. The van der Waals surface area contributed by atoms with Gasteiger partial charge in [-0.25, -0.2) is 4.79 Å². The molecule has 1 aromatic rings. The van der Waals surface area contributed by atoms with Crippen LogP contribution in [0.15, 0.2) is 24.3 Å². The molecule has 0 fully saturated rings. The second-order valence-electron chi connectivity index (χ2n) is 5.36. The summed E-state index contributed by atoms with van der Waals surface area (Å²) in [5, 5.41) is 1.17. The SMILES string of the molecule is CCCN(Oc1ccc(OC=O)cc1)C(=O)OC(C)(C)C. The van der Waals surface area contributed by atoms with Gasteiger partial charge in [0.2, 0.25) is 0 Å². The molecule has 0 N–H and O–H groups in total. The van der Waals surface area contributed by atoms with Crippen molar-refractivity contribution in [2.75, 3.05) is 6.54 Å². The van der Waals surface area contributed by atoms with Crippen LogP contribution in [0.5, 0.6) is 11.5 Å². The number of hydroxylamine groups is 2. The van der Waals surface area contributed by atoms with Crippen molar-refractivity contribution < 1.29 is 23.9 Å². The summed E-state index contributed by atoms with van der Waals surface area (Å²) in [6, 6.07) is 6.35. The third-order valence-corrected chi connectivity index (χ3v) is 2.25. The number of nitrogens with zero attached hydrogens (tertiary/aromatic N) is 1. The molecule has 21 heavy (non-hydrogen) atoms. The fraction of sp³-hybridized carbons (Fsp3) is 0.467. The lowest BCUT2D eigenvalue weighted by molar-refractivity contribution is -0.120. The van der Waals surface area contributed by atoms with Crippen LogP contribution >= 0.6 is 0 Å². The Morgan fingerprint density at radius 3 is 2.24 bits per heavy atom. The predicted octanol–water partition coefficient (Wildman–Crippen LogP) is 3.16. The summed E-state index contributed by atoms with van der Waals surface area (Å²) in [5.41, 5.74) is -0.589. The first-order chi connectivity index (χ1) is 9.85. The molecule has 0 aliphatic heterocycles. The zero-order valence-electron chi connectivity index (χ0n) is 12.8. The van der Waals surface area contributed by atoms with E-state index in [0.717, 1.165) is 6.42 Å². The molecule has 0 aliphatic rings. The molecular weight excluding hydrogens is 274 g/mol. The summed E-state index contributed by atoms with van der Waals surface area (Å²) in [4.78, 5) is 27.8. The van der Waals surface area contributed by atoms with E-state index in [9.17, 15) is 9.59 Å². The van der Waals surface area contributed by atoms with Gasteiger partial charge < -0.3 is 14.3 Å². The lowest BCUT2D eigenvalue weighted by atomic mass is 10.2. The highest BCUT2D eigenvalue weighted by Gasteiger charge is 2.23. The van der Waals surface area contributed by atoms with Crippen molar-refractivity contribution in [3.63, 3.8) is 0 Å². The molecule has 0 saturated heterocycles. The number of hydrogen-bond acceptors (Lipinski definition) is 5. The lowest BCUT2D eigenvalue weighted by Gasteiger charge is -2.26. The van der Waals surface area contributed by atoms with E-state index < -0.39 is 11.7 Å². The number of benzene rings is 1. The molecule has 116 valence electrons. The molecule has 0 atom stereocenters. The maximum absolute atomic E-state index is 12.0. The van der Waals surface area contributed by atoms with Crippen LogP contribution in [0.1, 0.15) is 34.1 Å². The van der Waals surface area contributed by atoms with Gasteiger partial charge in [0.05, 0.1) is 6.54 Å². The number of hydrogen-bond donors (Lipinski definition) is 0. The Morgan fingerprint density at radius 2 is 1.76 bits per heavy atom. The van der Waals surface area contributed by atoms with E-state index in [0.29, 0.717) is 24.5 Å². The van der Waals surface area contributed by atoms with E-state index >= 15 is 0 Å². The second-order valence-corrected chi connectivity index (χ2v) is 5.36. The van der Waals surface area contributed by atoms with Crippen molar-refractivity contribution in [2.24, 2.45) is 0 Å². The summed E-state index contributed by atoms with van der Waals surface area (Å²) >= 11 is 0. The molecule has 0 unspecified atom stereocenters. The number of rotatable bonds is 6. The molecule has 6 heteroatoms. The van der Waals surface area contributed by atoms with E-state index in [1.54, 1.807) is 45.0 Å². The van der Waals surface area contributed by atoms with Gasteiger partial charge >= 0.3 is 6.09 Å². The molecule has 0 aromatic heterocycles. The van der Waals surface area contributed by atoms with Crippen LogP contribution in [-0.2, 0) is 9.53 Å². The summed E-state index contributed by atoms with van der Waals surface area (Å²) in [6.07, 6.45) is 0.184. The average molecular weight is 295 g/mol. The quantitative estimate of drug-likeness (QED) is 0.596. The molecule has 6 nitrogen and oxygen atoms in total. The van der Waals surface area contributed by atoms with Crippen LogP contribution in [0, 0.1) is 0 Å². The lowest BCUT2D eigenvalue weighted by Crippen LogP contribution is -2.39. The highest BCUT2D eigenvalue weighted by atomic mass is 16.7. The molecule has 0 saturated carbocycles. The van der Waals surface area contributed by atoms with E-state index in [4.69, 9.17) is 9.57 Å². The molecule has 1 amide bonds. The molecule has 0 bridgehead atoms. The first-order valence-corrected chi connectivity index (χ1v) is 6.74. The Hall–Kier alpha value is -2.24. The minimum absolute atomic E-state index is 0.347. The second kappa shape index (κ2) is 7.52. The predicted molar refractivity (Wildman–Crippen MR) is 77.0 cm³/mol. The standard InChI is InChI=1S/C15H21NO5/c1-5-10-16(14(18)20-15(2,3)4)21-13-8-6-12(7-9-13)19-11-17/h6-9,11H,5,10H2,1-4H3. The Morgan fingerprint density at radius 1 is 1.19 bits per heavy atom. The van der Waals surface area contributed by atoms with E-state index in [1.807, 2.05) is 6.92 Å². The Balaban J connectivity index is 2.73. The summed E-state index contributed by atoms with van der Waals surface area (Å²) in [7, 11) is 0. The first kappa shape index (κ1) is 16.8. The van der Waals surface area contributed by atoms with Gasteiger partial charge in [0.25, 0.3) is 6.47 Å². The highest BCUT2D eigenvalue weighted by molar-refractivity contribution is 5.67. The van der Waals surface area contributed by atoms with Gasteiger partial charge in [-0.05, 0) is 51.5 Å². The van der Waals surface area contributed by atoms with Crippen molar-refractivity contribution in [2.45, 2.75) is 39.7 Å². The van der Waals surface area contributed by atoms with Gasteiger partial charge in [-0.3, -0.25) is 4.79 Å². The number of carbonyl (C=O) groups is 2. The van der Waals surface area contributed by atoms with Crippen molar-refractivity contribution in [3.8, 4) is 11.5 Å². The fourth-order valence-corrected chi connectivity index (χ4v) is 1.45. The zero-order valence-corrected chi connectivity index (χ0v) is 12.8. The van der Waals surface area contributed by atoms with Crippen molar-refractivity contribution in [3.05, 3.63) is 24.3 Å². The Labute approximate surface area is 124 Å². The van der Waals surface area contributed by atoms with E-state index in [-0.39, 0.29) is 0 Å². The normalized spacial score (nSPS) is 10.7. The number of carbonyl (C=O) groups excluding carboxylic acids is 2. The molecule has 0 heterocycles. The molecular formula is C15H21NO5. The largest absolute Gasteiger partial charge is 0.443 e. The van der Waals surface area contributed by atoms with Crippen LogP contribution in [-0.4, -0.2) is 29.8 Å². The van der Waals surface area contributed by atoms with Gasteiger partial charge in [-0.1, -0.05) is 6.92 Å². The third-order valence-electron chi connectivity index (χ3n) is 2.25. The van der Waals surface area contributed by atoms with Crippen LogP contribution in [0.4, 0.5) is 4.79 Å². The summed E-state index contributed by atoms with van der Waals surface area (Å²) in [5.74, 6) is 0.851. The van der Waals surface area contributed by atoms with E-state index in [1.165, 1.54) is 5.06 Å². The Kier molecular flexibility index (Phi) is 6.02. The molecule has 0 spiro atoms. The molecule has 1 aromatic carbocycles. The van der Waals surface area contributed by atoms with Gasteiger partial charge in [0, 0.05) is 0 Å². The van der Waals surface area contributed by atoms with Crippen LogP contribution in [0.2, 0.25) is 0 Å². The zero-order chi connectivity index (χ0) is 15.9.